The molecule has 0 N–H and O–H groups in total. The van der Waals surface area contributed by atoms with Crippen LogP contribution >= 0.6 is 0 Å². The van der Waals surface area contributed by atoms with Gasteiger partial charge in [0.1, 0.15) is 5.82 Å². The zero-order valence-electron chi connectivity index (χ0n) is 10.6. The molecule has 0 amide bonds. The van der Waals surface area contributed by atoms with Crippen molar-refractivity contribution in [3.8, 4) is 0 Å². The number of morpholine rings is 1. The number of nitrogens with zero attached hydrogens (tertiary/aromatic N) is 3. The lowest BCUT2D eigenvalue weighted by molar-refractivity contribution is 0.0374. The smallest absolute Gasteiger partial charge is 0.127 e. The zero-order valence-corrected chi connectivity index (χ0v) is 10.6. The second-order valence-electron chi connectivity index (χ2n) is 4.42. The van der Waals surface area contributed by atoms with Crippen molar-refractivity contribution in [2.75, 3.05) is 32.8 Å². The Labute approximate surface area is 103 Å². The molecule has 1 saturated heterocycles. The van der Waals surface area contributed by atoms with E-state index in [1.165, 1.54) is 12.0 Å². The summed E-state index contributed by atoms with van der Waals surface area (Å²) in [6, 6.07) is 0. The van der Waals surface area contributed by atoms with Gasteiger partial charge in [-0.2, -0.15) is 0 Å². The summed E-state index contributed by atoms with van der Waals surface area (Å²) in [6.45, 7) is 7.14. The molecule has 1 aromatic rings. The van der Waals surface area contributed by atoms with Crippen molar-refractivity contribution in [1.29, 1.82) is 0 Å². The number of aromatic nitrogens is 2. The van der Waals surface area contributed by atoms with Crippen LogP contribution < -0.4 is 0 Å². The van der Waals surface area contributed by atoms with E-state index in [-0.39, 0.29) is 0 Å². The topological polar surface area (TPSA) is 38.2 Å². The zero-order chi connectivity index (χ0) is 11.9. The number of rotatable bonds is 5. The molecule has 2 heterocycles. The quantitative estimate of drug-likeness (QED) is 0.771. The first-order chi connectivity index (χ1) is 8.38. The fraction of sp³-hybridized carbons (Fsp3) is 0.692. The Hall–Kier alpha value is -1.00. The van der Waals surface area contributed by atoms with Crippen molar-refractivity contribution in [2.45, 2.75) is 26.2 Å². The highest BCUT2D eigenvalue weighted by molar-refractivity contribution is 5.05. The number of ether oxygens (including phenoxy) is 1. The highest BCUT2D eigenvalue weighted by atomic mass is 16.5. The van der Waals surface area contributed by atoms with E-state index in [9.17, 15) is 0 Å². The van der Waals surface area contributed by atoms with E-state index in [4.69, 9.17) is 4.74 Å². The van der Waals surface area contributed by atoms with Crippen molar-refractivity contribution >= 4 is 0 Å². The molecule has 2 rings (SSSR count). The maximum atomic E-state index is 5.33. The normalized spacial score (nSPS) is 17.2. The molecule has 17 heavy (non-hydrogen) atoms. The van der Waals surface area contributed by atoms with Gasteiger partial charge in [0.15, 0.2) is 0 Å². The highest BCUT2D eigenvalue weighted by Crippen LogP contribution is 2.04. The third-order valence-corrected chi connectivity index (χ3v) is 3.12. The minimum Gasteiger partial charge on any atom is -0.379 e. The van der Waals surface area contributed by atoms with Gasteiger partial charge in [-0.15, -0.1) is 0 Å². The molecule has 0 radical (unpaired) electrons. The SMILES string of the molecule is CCc1ncc(CCCN2CCOCC2)cn1. The van der Waals surface area contributed by atoms with Crippen molar-refractivity contribution in [1.82, 2.24) is 14.9 Å². The fourth-order valence-electron chi connectivity index (χ4n) is 2.02. The lowest BCUT2D eigenvalue weighted by atomic mass is 10.2. The Bertz CT molecular complexity index is 320. The molecule has 1 aliphatic rings. The minimum absolute atomic E-state index is 0.883. The van der Waals surface area contributed by atoms with Gasteiger partial charge in [0.25, 0.3) is 0 Å². The third kappa shape index (κ3) is 4.06. The molecule has 0 bridgehead atoms. The van der Waals surface area contributed by atoms with E-state index in [1.54, 1.807) is 0 Å². The van der Waals surface area contributed by atoms with Crippen molar-refractivity contribution < 1.29 is 4.74 Å². The second kappa shape index (κ2) is 6.67. The molecule has 94 valence electrons. The van der Waals surface area contributed by atoms with Crippen LogP contribution in [0.4, 0.5) is 0 Å². The summed E-state index contributed by atoms with van der Waals surface area (Å²) in [5, 5.41) is 0. The molecule has 0 saturated carbocycles. The maximum Gasteiger partial charge on any atom is 0.127 e. The van der Waals surface area contributed by atoms with Gasteiger partial charge in [-0.1, -0.05) is 6.92 Å². The van der Waals surface area contributed by atoms with E-state index in [0.29, 0.717) is 0 Å². The second-order valence-corrected chi connectivity index (χ2v) is 4.42. The number of hydrogen-bond acceptors (Lipinski definition) is 4. The summed E-state index contributed by atoms with van der Waals surface area (Å²) in [6.07, 6.45) is 7.08. The summed E-state index contributed by atoms with van der Waals surface area (Å²) in [5.41, 5.74) is 1.25. The van der Waals surface area contributed by atoms with Crippen LogP contribution in [0.2, 0.25) is 0 Å². The van der Waals surface area contributed by atoms with E-state index in [0.717, 1.165) is 51.5 Å². The van der Waals surface area contributed by atoms with E-state index >= 15 is 0 Å². The lowest BCUT2D eigenvalue weighted by Gasteiger charge is -2.26. The summed E-state index contributed by atoms with van der Waals surface area (Å²) in [7, 11) is 0. The van der Waals surface area contributed by atoms with Crippen LogP contribution in [0.1, 0.15) is 24.7 Å². The van der Waals surface area contributed by atoms with E-state index in [1.807, 2.05) is 12.4 Å². The molecular weight excluding hydrogens is 214 g/mol. The third-order valence-electron chi connectivity index (χ3n) is 3.12. The van der Waals surface area contributed by atoms with Gasteiger partial charge in [-0.3, -0.25) is 4.90 Å². The molecule has 0 unspecified atom stereocenters. The predicted octanol–water partition coefficient (Wildman–Crippen LogP) is 1.30. The van der Waals surface area contributed by atoms with Gasteiger partial charge in [0.05, 0.1) is 13.2 Å². The molecule has 1 fully saturated rings. The summed E-state index contributed by atoms with van der Waals surface area (Å²) >= 11 is 0. The largest absolute Gasteiger partial charge is 0.379 e. The summed E-state index contributed by atoms with van der Waals surface area (Å²) in [5.74, 6) is 0.932. The Balaban J connectivity index is 1.69. The Morgan fingerprint density at radius 2 is 1.94 bits per heavy atom. The summed E-state index contributed by atoms with van der Waals surface area (Å²) in [4.78, 5) is 11.1. The van der Waals surface area contributed by atoms with Crippen molar-refractivity contribution in [3.63, 3.8) is 0 Å². The average molecular weight is 235 g/mol. The molecule has 1 aliphatic heterocycles. The Kier molecular flexibility index (Phi) is 4.88. The first-order valence-corrected chi connectivity index (χ1v) is 6.48. The van der Waals surface area contributed by atoms with Crippen LogP contribution in [0.25, 0.3) is 0 Å². The lowest BCUT2D eigenvalue weighted by Crippen LogP contribution is -2.36. The van der Waals surface area contributed by atoms with Gasteiger partial charge in [0, 0.05) is 31.9 Å². The highest BCUT2D eigenvalue weighted by Gasteiger charge is 2.09. The molecule has 0 spiro atoms. The van der Waals surface area contributed by atoms with Gasteiger partial charge >= 0.3 is 0 Å². The molecule has 0 aliphatic carbocycles. The first-order valence-electron chi connectivity index (χ1n) is 6.48. The van der Waals surface area contributed by atoms with Crippen LogP contribution in [0.15, 0.2) is 12.4 Å². The molecular formula is C13H21N3O. The predicted molar refractivity (Wildman–Crippen MR) is 67.0 cm³/mol. The van der Waals surface area contributed by atoms with Crippen molar-refractivity contribution in [3.05, 3.63) is 23.8 Å². The Morgan fingerprint density at radius 1 is 1.24 bits per heavy atom. The molecule has 4 nitrogen and oxygen atoms in total. The van der Waals surface area contributed by atoms with Gasteiger partial charge in [-0.25, -0.2) is 9.97 Å². The van der Waals surface area contributed by atoms with Gasteiger partial charge in [-0.05, 0) is 24.9 Å². The molecule has 4 heteroatoms. The minimum atomic E-state index is 0.883. The number of aryl methyl sites for hydroxylation is 2. The van der Waals surface area contributed by atoms with Crippen LogP contribution in [0.3, 0.4) is 0 Å². The monoisotopic (exact) mass is 235 g/mol. The van der Waals surface area contributed by atoms with Crippen LogP contribution in [-0.4, -0.2) is 47.7 Å². The number of hydrogen-bond donors (Lipinski definition) is 0. The average Bonchev–Trinajstić information content (AvgIpc) is 2.41. The molecule has 1 aromatic heterocycles. The van der Waals surface area contributed by atoms with Crippen LogP contribution in [-0.2, 0) is 17.6 Å². The molecule has 0 aromatic carbocycles. The van der Waals surface area contributed by atoms with Crippen LogP contribution in [0, 0.1) is 0 Å². The van der Waals surface area contributed by atoms with Gasteiger partial charge < -0.3 is 4.74 Å². The Morgan fingerprint density at radius 3 is 2.59 bits per heavy atom. The molecule has 0 atom stereocenters. The first kappa shape index (κ1) is 12.5. The fourth-order valence-corrected chi connectivity index (χ4v) is 2.02. The van der Waals surface area contributed by atoms with Crippen LogP contribution in [0.5, 0.6) is 0 Å². The maximum absolute atomic E-state index is 5.33. The van der Waals surface area contributed by atoms with Crippen molar-refractivity contribution in [2.24, 2.45) is 0 Å². The summed E-state index contributed by atoms with van der Waals surface area (Å²) < 4.78 is 5.33. The van der Waals surface area contributed by atoms with E-state index in [2.05, 4.69) is 21.8 Å². The van der Waals surface area contributed by atoms with E-state index < -0.39 is 0 Å². The van der Waals surface area contributed by atoms with Gasteiger partial charge in [0.2, 0.25) is 0 Å². The standard InChI is InChI=1S/C13H21N3O/c1-2-13-14-10-12(11-15-13)4-3-5-16-6-8-17-9-7-16/h10-11H,2-9H2,1H3.